The van der Waals surface area contributed by atoms with Gasteiger partial charge in [-0.05, 0) is 42.5 Å². The van der Waals surface area contributed by atoms with Gasteiger partial charge in [-0.15, -0.1) is 11.3 Å². The molecule has 0 atom stereocenters. The Morgan fingerprint density at radius 2 is 2.00 bits per heavy atom. The molecule has 2 heterocycles. The normalized spacial score (nSPS) is 10.9. The second kappa shape index (κ2) is 6.03. The zero-order chi connectivity index (χ0) is 17.4. The van der Waals surface area contributed by atoms with Crippen molar-refractivity contribution in [1.82, 2.24) is 10.1 Å². The minimum Gasteiger partial charge on any atom is -0.497 e. The number of nitrogens with zero attached hydrogens (tertiary/aromatic N) is 2. The van der Waals surface area contributed by atoms with E-state index in [9.17, 15) is 4.79 Å². The highest BCUT2D eigenvalue weighted by atomic mass is 32.1. The van der Waals surface area contributed by atoms with E-state index in [1.165, 1.54) is 17.4 Å². The van der Waals surface area contributed by atoms with Gasteiger partial charge in [0, 0.05) is 10.9 Å². The molecule has 0 fully saturated rings. The van der Waals surface area contributed by atoms with Gasteiger partial charge in [0.05, 0.1) is 18.1 Å². The van der Waals surface area contributed by atoms with Gasteiger partial charge in [-0.1, -0.05) is 5.16 Å². The van der Waals surface area contributed by atoms with Crippen molar-refractivity contribution >= 4 is 28.3 Å². The van der Waals surface area contributed by atoms with Crippen LogP contribution < -0.4 is 4.74 Å². The molecule has 1 N–H and O–H groups in total. The molecule has 7 heteroatoms. The van der Waals surface area contributed by atoms with Crippen molar-refractivity contribution in [1.29, 1.82) is 0 Å². The number of hydrogen-bond donors (Lipinski definition) is 1. The largest absolute Gasteiger partial charge is 0.497 e. The van der Waals surface area contributed by atoms with E-state index < -0.39 is 5.97 Å². The Balaban J connectivity index is 1.75. The molecule has 4 aromatic rings. The highest BCUT2D eigenvalue weighted by Gasteiger charge is 2.16. The lowest BCUT2D eigenvalue weighted by atomic mass is 10.1. The summed E-state index contributed by atoms with van der Waals surface area (Å²) in [7, 11) is 1.62. The molecule has 0 aliphatic rings. The van der Waals surface area contributed by atoms with Gasteiger partial charge in [0.1, 0.15) is 22.1 Å². The summed E-state index contributed by atoms with van der Waals surface area (Å²) in [6.07, 6.45) is 0. The van der Waals surface area contributed by atoms with Crippen LogP contribution in [0.5, 0.6) is 5.75 Å². The van der Waals surface area contributed by atoms with E-state index in [1.807, 2.05) is 29.6 Å². The van der Waals surface area contributed by atoms with Crippen LogP contribution in [0.4, 0.5) is 0 Å². The zero-order valence-corrected chi connectivity index (χ0v) is 13.9. The first-order valence-corrected chi connectivity index (χ1v) is 8.27. The fourth-order valence-electron chi connectivity index (χ4n) is 2.51. The van der Waals surface area contributed by atoms with E-state index in [2.05, 4.69) is 10.1 Å². The van der Waals surface area contributed by atoms with Gasteiger partial charge in [-0.25, -0.2) is 9.78 Å². The molecule has 0 saturated heterocycles. The zero-order valence-electron chi connectivity index (χ0n) is 13.1. The third kappa shape index (κ3) is 2.74. The van der Waals surface area contributed by atoms with E-state index in [0.717, 1.165) is 16.3 Å². The van der Waals surface area contributed by atoms with E-state index >= 15 is 0 Å². The number of carboxylic acids is 1. The number of fused-ring (bicyclic) bond motifs is 1. The number of ether oxygens (including phenoxy) is 1. The first-order chi connectivity index (χ1) is 12.2. The Bertz CT molecular complexity index is 1070. The Kier molecular flexibility index (Phi) is 3.70. The third-order valence-electron chi connectivity index (χ3n) is 3.80. The molecule has 0 bridgehead atoms. The maximum atomic E-state index is 11.2. The summed E-state index contributed by atoms with van der Waals surface area (Å²) in [5, 5.41) is 16.6. The molecule has 25 heavy (non-hydrogen) atoms. The minimum atomic E-state index is -0.994. The summed E-state index contributed by atoms with van der Waals surface area (Å²) in [6, 6.07) is 12.3. The SMILES string of the molecule is COc1ccc(-c2nc(-c3noc4ccc(C(=O)O)cc34)cs2)cc1. The van der Waals surface area contributed by atoms with Gasteiger partial charge < -0.3 is 14.4 Å². The standard InChI is InChI=1S/C18H12N2O4S/c1-23-12-5-2-10(3-6-12)17-19-14(9-25-17)16-13-8-11(18(21)22)4-7-15(13)24-20-16/h2-9H,1H3,(H,21,22). The molecule has 0 aliphatic heterocycles. The summed E-state index contributed by atoms with van der Waals surface area (Å²) in [5.41, 5.74) is 2.86. The Hall–Kier alpha value is -3.19. The second-order valence-corrected chi connectivity index (χ2v) is 6.17. The quantitative estimate of drug-likeness (QED) is 0.588. The van der Waals surface area contributed by atoms with Crippen LogP contribution in [0.1, 0.15) is 10.4 Å². The number of aromatic carboxylic acids is 1. The monoisotopic (exact) mass is 352 g/mol. The lowest BCUT2D eigenvalue weighted by Gasteiger charge is -2.00. The molecule has 0 spiro atoms. The van der Waals surface area contributed by atoms with Gasteiger partial charge in [-0.3, -0.25) is 0 Å². The van der Waals surface area contributed by atoms with Crippen LogP contribution >= 0.6 is 11.3 Å². The topological polar surface area (TPSA) is 85.5 Å². The van der Waals surface area contributed by atoms with Crippen LogP contribution in [0.15, 0.2) is 52.4 Å². The predicted octanol–water partition coefficient (Wildman–Crippen LogP) is 4.33. The average Bonchev–Trinajstić information content (AvgIpc) is 3.28. The molecule has 0 saturated carbocycles. The van der Waals surface area contributed by atoms with Crippen molar-refractivity contribution in [3.8, 4) is 27.7 Å². The number of thiazole rings is 1. The van der Waals surface area contributed by atoms with Gasteiger partial charge in [-0.2, -0.15) is 0 Å². The van der Waals surface area contributed by atoms with Crippen LogP contribution in [0.2, 0.25) is 0 Å². The Morgan fingerprint density at radius 3 is 2.72 bits per heavy atom. The van der Waals surface area contributed by atoms with E-state index in [-0.39, 0.29) is 5.56 Å². The lowest BCUT2D eigenvalue weighted by molar-refractivity contribution is 0.0697. The predicted molar refractivity (Wildman–Crippen MR) is 94.1 cm³/mol. The van der Waals surface area contributed by atoms with Gasteiger partial charge in [0.25, 0.3) is 0 Å². The molecule has 0 radical (unpaired) electrons. The molecule has 4 rings (SSSR count). The minimum absolute atomic E-state index is 0.183. The number of aromatic nitrogens is 2. The number of rotatable bonds is 4. The van der Waals surface area contributed by atoms with Gasteiger partial charge >= 0.3 is 5.97 Å². The molecule has 0 unspecified atom stereocenters. The van der Waals surface area contributed by atoms with Crippen LogP contribution in [-0.4, -0.2) is 28.3 Å². The summed E-state index contributed by atoms with van der Waals surface area (Å²) in [4.78, 5) is 15.8. The maximum Gasteiger partial charge on any atom is 0.335 e. The van der Waals surface area contributed by atoms with Gasteiger partial charge in [0.15, 0.2) is 5.58 Å². The van der Waals surface area contributed by atoms with Crippen LogP contribution in [-0.2, 0) is 0 Å². The summed E-state index contributed by atoms with van der Waals surface area (Å²) < 4.78 is 10.4. The van der Waals surface area contributed by atoms with E-state index in [0.29, 0.717) is 22.4 Å². The first-order valence-electron chi connectivity index (χ1n) is 7.39. The van der Waals surface area contributed by atoms with Crippen LogP contribution in [0.3, 0.4) is 0 Å². The Labute approximate surface area is 146 Å². The molecule has 124 valence electrons. The van der Waals surface area contributed by atoms with Crippen molar-refractivity contribution in [2.75, 3.05) is 7.11 Å². The highest BCUT2D eigenvalue weighted by Crippen LogP contribution is 2.33. The van der Waals surface area contributed by atoms with Crippen molar-refractivity contribution in [2.24, 2.45) is 0 Å². The van der Waals surface area contributed by atoms with Gasteiger partial charge in [0.2, 0.25) is 0 Å². The number of carboxylic acid groups (broad SMARTS) is 1. The van der Waals surface area contributed by atoms with E-state index in [4.69, 9.17) is 14.4 Å². The molecule has 0 aliphatic carbocycles. The fourth-order valence-corrected chi connectivity index (χ4v) is 3.32. The summed E-state index contributed by atoms with van der Waals surface area (Å²) in [6.45, 7) is 0. The first kappa shape index (κ1) is 15.3. The molecule has 2 aromatic heterocycles. The number of benzene rings is 2. The second-order valence-electron chi connectivity index (χ2n) is 5.31. The fraction of sp³-hybridized carbons (Fsp3) is 0.0556. The molecule has 0 amide bonds. The van der Waals surface area contributed by atoms with Crippen LogP contribution in [0, 0.1) is 0 Å². The average molecular weight is 352 g/mol. The number of hydrogen-bond acceptors (Lipinski definition) is 6. The van der Waals surface area contributed by atoms with Crippen molar-refractivity contribution in [3.63, 3.8) is 0 Å². The molecular formula is C18H12N2O4S. The molecule has 2 aromatic carbocycles. The Morgan fingerprint density at radius 1 is 1.20 bits per heavy atom. The maximum absolute atomic E-state index is 11.2. The van der Waals surface area contributed by atoms with Crippen molar-refractivity contribution < 1.29 is 19.2 Å². The third-order valence-corrected chi connectivity index (χ3v) is 4.69. The highest BCUT2D eigenvalue weighted by molar-refractivity contribution is 7.13. The molecular weight excluding hydrogens is 340 g/mol. The number of methoxy groups -OCH3 is 1. The lowest BCUT2D eigenvalue weighted by Crippen LogP contribution is -1.94. The summed E-state index contributed by atoms with van der Waals surface area (Å²) in [5.74, 6) is -0.213. The van der Waals surface area contributed by atoms with E-state index in [1.54, 1.807) is 19.2 Å². The smallest absolute Gasteiger partial charge is 0.335 e. The summed E-state index contributed by atoms with van der Waals surface area (Å²) >= 11 is 1.48. The number of carbonyl (C=O) groups is 1. The van der Waals surface area contributed by atoms with Crippen LogP contribution in [0.25, 0.3) is 32.9 Å². The molecule has 6 nitrogen and oxygen atoms in total. The van der Waals surface area contributed by atoms with Crippen molar-refractivity contribution in [3.05, 3.63) is 53.4 Å². The van der Waals surface area contributed by atoms with Crippen molar-refractivity contribution in [2.45, 2.75) is 0 Å².